The van der Waals surface area contributed by atoms with Gasteiger partial charge in [0, 0.05) is 31.6 Å². The van der Waals surface area contributed by atoms with Crippen molar-refractivity contribution < 1.29 is 14.7 Å². The first kappa shape index (κ1) is 14.0. The zero-order valence-corrected chi connectivity index (χ0v) is 11.9. The van der Waals surface area contributed by atoms with Crippen molar-refractivity contribution in [2.45, 2.75) is 20.0 Å². The van der Waals surface area contributed by atoms with Gasteiger partial charge in [-0.1, -0.05) is 0 Å². The number of rotatable bonds is 2. The minimum Gasteiger partial charge on any atom is -0.384 e. The van der Waals surface area contributed by atoms with Gasteiger partial charge in [-0.3, -0.25) is 9.59 Å². The third-order valence-electron chi connectivity index (χ3n) is 3.32. The minimum atomic E-state index is -0.971. The van der Waals surface area contributed by atoms with Gasteiger partial charge in [0.25, 0.3) is 11.8 Å². The summed E-state index contributed by atoms with van der Waals surface area (Å²) in [6.45, 7) is 5.40. The molecular formula is C13H18N2O3S. The molecule has 104 valence electrons. The predicted octanol–water partition coefficient (Wildman–Crippen LogP) is 0.722. The Kier molecular flexibility index (Phi) is 4.21. The molecule has 6 heteroatoms. The van der Waals surface area contributed by atoms with Gasteiger partial charge < -0.3 is 14.9 Å². The second kappa shape index (κ2) is 5.71. The summed E-state index contributed by atoms with van der Waals surface area (Å²) >= 11 is 1.52. The molecule has 0 radical (unpaired) electrons. The molecule has 5 nitrogen and oxygen atoms in total. The maximum atomic E-state index is 12.3. The molecule has 1 aliphatic rings. The summed E-state index contributed by atoms with van der Waals surface area (Å²) in [4.78, 5) is 27.3. The number of carbonyl (C=O) groups is 2. The molecule has 2 heterocycles. The van der Waals surface area contributed by atoms with Gasteiger partial charge in [-0.15, -0.1) is 0 Å². The summed E-state index contributed by atoms with van der Waals surface area (Å²) < 4.78 is 0. The zero-order chi connectivity index (χ0) is 14.0. The third-order valence-corrected chi connectivity index (χ3v) is 4.18. The van der Waals surface area contributed by atoms with Crippen molar-refractivity contribution in [1.29, 1.82) is 0 Å². The molecule has 1 aromatic heterocycles. The molecule has 1 fully saturated rings. The van der Waals surface area contributed by atoms with Crippen LogP contribution in [0.1, 0.15) is 22.8 Å². The van der Waals surface area contributed by atoms with Gasteiger partial charge in [-0.25, -0.2) is 0 Å². The van der Waals surface area contributed by atoms with E-state index < -0.39 is 6.10 Å². The molecule has 2 rings (SSSR count). The van der Waals surface area contributed by atoms with Crippen molar-refractivity contribution in [2.75, 3.05) is 26.2 Å². The van der Waals surface area contributed by atoms with Crippen molar-refractivity contribution in [3.8, 4) is 0 Å². The van der Waals surface area contributed by atoms with E-state index in [-0.39, 0.29) is 11.8 Å². The lowest BCUT2D eigenvalue weighted by molar-refractivity contribution is -0.140. The van der Waals surface area contributed by atoms with Gasteiger partial charge in [0.1, 0.15) is 6.10 Å². The number of hydrogen-bond donors (Lipinski definition) is 1. The molecule has 1 atom stereocenters. The van der Waals surface area contributed by atoms with Crippen LogP contribution in [0, 0.1) is 6.92 Å². The second-order valence-corrected chi connectivity index (χ2v) is 5.51. The van der Waals surface area contributed by atoms with Crippen LogP contribution in [-0.2, 0) is 4.79 Å². The Labute approximate surface area is 116 Å². The van der Waals surface area contributed by atoms with E-state index in [9.17, 15) is 14.7 Å². The molecule has 1 aliphatic heterocycles. The lowest BCUT2D eigenvalue weighted by Crippen LogP contribution is -2.52. The topological polar surface area (TPSA) is 60.9 Å². The van der Waals surface area contributed by atoms with Crippen LogP contribution in [0.2, 0.25) is 0 Å². The van der Waals surface area contributed by atoms with Gasteiger partial charge in [0.05, 0.1) is 5.56 Å². The molecule has 0 unspecified atom stereocenters. The average molecular weight is 282 g/mol. The van der Waals surface area contributed by atoms with Crippen molar-refractivity contribution in [1.82, 2.24) is 9.80 Å². The average Bonchev–Trinajstić information content (AvgIpc) is 2.83. The van der Waals surface area contributed by atoms with E-state index >= 15 is 0 Å². The molecule has 1 saturated heterocycles. The fraction of sp³-hybridized carbons (Fsp3) is 0.538. The number of aryl methyl sites for hydroxylation is 1. The molecule has 0 saturated carbocycles. The summed E-state index contributed by atoms with van der Waals surface area (Å²) in [5.41, 5.74) is 1.75. The molecule has 2 amide bonds. The highest BCUT2D eigenvalue weighted by Gasteiger charge is 2.27. The van der Waals surface area contributed by atoms with Gasteiger partial charge in [-0.2, -0.15) is 11.3 Å². The van der Waals surface area contributed by atoms with Crippen LogP contribution in [0.5, 0.6) is 0 Å². The highest BCUT2D eigenvalue weighted by atomic mass is 32.1. The number of thiophene rings is 1. The van der Waals surface area contributed by atoms with E-state index in [0.29, 0.717) is 26.2 Å². The van der Waals surface area contributed by atoms with Crippen molar-refractivity contribution >= 4 is 23.2 Å². The summed E-state index contributed by atoms with van der Waals surface area (Å²) in [7, 11) is 0. The van der Waals surface area contributed by atoms with Gasteiger partial charge >= 0.3 is 0 Å². The lowest BCUT2D eigenvalue weighted by atomic mass is 10.2. The SMILES string of the molecule is Cc1cscc1C(=O)N1CCN(C(=O)[C@@H](C)O)CC1. The molecule has 1 aromatic rings. The van der Waals surface area contributed by atoms with Crippen molar-refractivity contribution in [3.63, 3.8) is 0 Å². The fourth-order valence-electron chi connectivity index (χ4n) is 2.14. The van der Waals surface area contributed by atoms with Crippen molar-refractivity contribution in [3.05, 3.63) is 21.9 Å². The summed E-state index contributed by atoms with van der Waals surface area (Å²) in [6, 6.07) is 0. The van der Waals surface area contributed by atoms with E-state index in [4.69, 9.17) is 0 Å². The predicted molar refractivity (Wildman–Crippen MR) is 73.2 cm³/mol. The summed E-state index contributed by atoms with van der Waals surface area (Å²) in [5.74, 6) is -0.235. The molecule has 1 N–H and O–H groups in total. The lowest BCUT2D eigenvalue weighted by Gasteiger charge is -2.35. The number of amides is 2. The van der Waals surface area contributed by atoms with Crippen LogP contribution in [0.15, 0.2) is 10.8 Å². The number of hydrogen-bond acceptors (Lipinski definition) is 4. The number of nitrogens with zero attached hydrogens (tertiary/aromatic N) is 2. The molecule has 0 spiro atoms. The Morgan fingerprint density at radius 2 is 1.79 bits per heavy atom. The molecule has 19 heavy (non-hydrogen) atoms. The normalized spacial score (nSPS) is 17.4. The fourth-order valence-corrected chi connectivity index (χ4v) is 2.97. The van der Waals surface area contributed by atoms with Crippen LogP contribution in [0.3, 0.4) is 0 Å². The Bertz CT molecular complexity index is 476. The van der Waals surface area contributed by atoms with Gasteiger partial charge in [0.15, 0.2) is 0 Å². The van der Waals surface area contributed by atoms with Crippen LogP contribution in [-0.4, -0.2) is 59.0 Å². The number of aliphatic hydroxyl groups excluding tert-OH is 1. The van der Waals surface area contributed by atoms with Crippen LogP contribution < -0.4 is 0 Å². The first-order chi connectivity index (χ1) is 9.00. The molecule has 0 aliphatic carbocycles. The standard InChI is InChI=1S/C13H18N2O3S/c1-9-7-19-8-11(9)13(18)15-5-3-14(4-6-15)12(17)10(2)16/h7-8,10,16H,3-6H2,1-2H3/t10-/m1/s1. The van der Waals surface area contributed by atoms with E-state index in [2.05, 4.69) is 0 Å². The van der Waals surface area contributed by atoms with E-state index in [1.54, 1.807) is 9.80 Å². The molecular weight excluding hydrogens is 264 g/mol. The maximum absolute atomic E-state index is 12.3. The Morgan fingerprint density at radius 1 is 1.21 bits per heavy atom. The monoisotopic (exact) mass is 282 g/mol. The number of piperazine rings is 1. The van der Waals surface area contributed by atoms with E-state index in [1.807, 2.05) is 17.7 Å². The quantitative estimate of drug-likeness (QED) is 0.869. The Balaban J connectivity index is 1.95. The van der Waals surface area contributed by atoms with Crippen LogP contribution in [0.4, 0.5) is 0 Å². The maximum Gasteiger partial charge on any atom is 0.255 e. The molecule has 0 bridgehead atoms. The highest BCUT2D eigenvalue weighted by Crippen LogP contribution is 2.17. The van der Waals surface area contributed by atoms with Gasteiger partial charge in [-0.05, 0) is 24.8 Å². The second-order valence-electron chi connectivity index (χ2n) is 4.76. The van der Waals surface area contributed by atoms with Gasteiger partial charge in [0.2, 0.25) is 0 Å². The smallest absolute Gasteiger partial charge is 0.255 e. The third kappa shape index (κ3) is 2.96. The zero-order valence-electron chi connectivity index (χ0n) is 11.1. The molecule has 0 aromatic carbocycles. The number of aliphatic hydroxyl groups is 1. The Morgan fingerprint density at radius 3 is 2.26 bits per heavy atom. The first-order valence-electron chi connectivity index (χ1n) is 6.29. The van der Waals surface area contributed by atoms with Crippen LogP contribution >= 0.6 is 11.3 Å². The largest absolute Gasteiger partial charge is 0.384 e. The van der Waals surface area contributed by atoms with E-state index in [1.165, 1.54) is 18.3 Å². The highest BCUT2D eigenvalue weighted by molar-refractivity contribution is 7.08. The first-order valence-corrected chi connectivity index (χ1v) is 7.24. The summed E-state index contributed by atoms with van der Waals surface area (Å²) in [6.07, 6.45) is -0.971. The summed E-state index contributed by atoms with van der Waals surface area (Å²) in [5, 5.41) is 13.1. The number of carbonyl (C=O) groups excluding carboxylic acids is 2. The Hall–Kier alpha value is -1.40. The minimum absolute atomic E-state index is 0.0305. The van der Waals surface area contributed by atoms with E-state index in [0.717, 1.165) is 11.1 Å². The van der Waals surface area contributed by atoms with Crippen molar-refractivity contribution in [2.24, 2.45) is 0 Å². The van der Waals surface area contributed by atoms with Crippen LogP contribution in [0.25, 0.3) is 0 Å².